The molecule has 0 bridgehead atoms. The molecule has 2 aromatic carbocycles. The standard InChI is InChI=1S/C23H25N3O2S/c1-27-17-8-9-18-20(24-28-21(18)15-17)6-4-12-26-13-10-16(11-14-26)23-19-5-2-3-7-22(19)29-25-23/h2-3,5,7-9,15-16H,4,6,10-14H2,1H3. The van der Waals surface area contributed by atoms with Gasteiger partial charge in [0.2, 0.25) is 0 Å². The summed E-state index contributed by atoms with van der Waals surface area (Å²) in [5.41, 5.74) is 3.16. The molecule has 0 unspecified atom stereocenters. The molecule has 6 heteroatoms. The van der Waals surface area contributed by atoms with Crippen molar-refractivity contribution in [2.75, 3.05) is 26.7 Å². The van der Waals surface area contributed by atoms with E-state index < -0.39 is 0 Å². The van der Waals surface area contributed by atoms with Crippen LogP contribution in [0.1, 0.15) is 36.6 Å². The van der Waals surface area contributed by atoms with E-state index >= 15 is 0 Å². The fourth-order valence-corrected chi connectivity index (χ4v) is 5.23. The number of aryl methyl sites for hydroxylation is 1. The lowest BCUT2D eigenvalue weighted by atomic mass is 9.91. The quantitative estimate of drug-likeness (QED) is 0.436. The van der Waals surface area contributed by atoms with E-state index in [0.717, 1.165) is 54.9 Å². The predicted octanol–water partition coefficient (Wildman–Crippen LogP) is 5.26. The number of ether oxygens (including phenoxy) is 1. The largest absolute Gasteiger partial charge is 0.497 e. The van der Waals surface area contributed by atoms with Crippen molar-refractivity contribution in [3.05, 3.63) is 53.9 Å². The summed E-state index contributed by atoms with van der Waals surface area (Å²) in [6, 6.07) is 14.5. The third-order valence-electron chi connectivity index (χ3n) is 6.02. The SMILES string of the molecule is COc1ccc2c(CCCN3CCC(c4nsc5ccccc45)CC3)noc2c1. The van der Waals surface area contributed by atoms with Crippen molar-refractivity contribution in [3.8, 4) is 5.75 Å². The molecule has 3 heterocycles. The van der Waals surface area contributed by atoms with Crippen molar-refractivity contribution in [2.45, 2.75) is 31.6 Å². The van der Waals surface area contributed by atoms with Crippen molar-refractivity contribution in [1.82, 2.24) is 14.4 Å². The van der Waals surface area contributed by atoms with E-state index in [-0.39, 0.29) is 0 Å². The Morgan fingerprint density at radius 2 is 2.00 bits per heavy atom. The lowest BCUT2D eigenvalue weighted by Crippen LogP contribution is -2.34. The molecule has 4 aromatic rings. The van der Waals surface area contributed by atoms with Gasteiger partial charge in [0.1, 0.15) is 5.75 Å². The summed E-state index contributed by atoms with van der Waals surface area (Å²) >= 11 is 1.64. The summed E-state index contributed by atoms with van der Waals surface area (Å²) in [5.74, 6) is 1.40. The van der Waals surface area contributed by atoms with Gasteiger partial charge in [-0.1, -0.05) is 23.4 Å². The number of hydrogen-bond donors (Lipinski definition) is 0. The molecule has 5 nitrogen and oxygen atoms in total. The Bertz CT molecular complexity index is 1110. The van der Waals surface area contributed by atoms with Gasteiger partial charge in [0.25, 0.3) is 0 Å². The first kappa shape index (κ1) is 18.6. The zero-order valence-electron chi connectivity index (χ0n) is 16.6. The summed E-state index contributed by atoms with van der Waals surface area (Å²) in [6.07, 6.45) is 4.43. The van der Waals surface area contributed by atoms with Gasteiger partial charge in [-0.05, 0) is 75.0 Å². The normalized spacial score (nSPS) is 16.0. The lowest BCUT2D eigenvalue weighted by Gasteiger charge is -2.31. The number of fused-ring (bicyclic) bond motifs is 2. The maximum absolute atomic E-state index is 5.48. The molecule has 1 aliphatic rings. The van der Waals surface area contributed by atoms with Crippen molar-refractivity contribution in [1.29, 1.82) is 0 Å². The van der Waals surface area contributed by atoms with Crippen LogP contribution in [0, 0.1) is 0 Å². The highest BCUT2D eigenvalue weighted by Crippen LogP contribution is 2.34. The Morgan fingerprint density at radius 1 is 1.14 bits per heavy atom. The van der Waals surface area contributed by atoms with Crippen molar-refractivity contribution >= 4 is 32.6 Å². The number of nitrogens with zero attached hydrogens (tertiary/aromatic N) is 3. The van der Waals surface area contributed by atoms with Crippen LogP contribution >= 0.6 is 11.5 Å². The van der Waals surface area contributed by atoms with E-state index in [4.69, 9.17) is 13.6 Å². The molecular weight excluding hydrogens is 382 g/mol. The molecular formula is C23H25N3O2S. The molecule has 0 spiro atoms. The Balaban J connectivity index is 1.15. The number of rotatable bonds is 6. The van der Waals surface area contributed by atoms with Crippen LogP contribution in [0.15, 0.2) is 47.0 Å². The monoisotopic (exact) mass is 407 g/mol. The van der Waals surface area contributed by atoms with Crippen LogP contribution in [0.2, 0.25) is 0 Å². The highest BCUT2D eigenvalue weighted by Gasteiger charge is 2.24. The van der Waals surface area contributed by atoms with Gasteiger partial charge in [0.15, 0.2) is 5.58 Å². The first-order chi connectivity index (χ1) is 14.3. The molecule has 0 N–H and O–H groups in total. The highest BCUT2D eigenvalue weighted by atomic mass is 32.1. The van der Waals surface area contributed by atoms with Crippen LogP contribution < -0.4 is 4.74 Å². The van der Waals surface area contributed by atoms with Crippen LogP contribution in [-0.4, -0.2) is 41.2 Å². The summed E-state index contributed by atoms with van der Waals surface area (Å²) in [6.45, 7) is 3.40. The molecule has 0 radical (unpaired) electrons. The maximum Gasteiger partial charge on any atom is 0.170 e. The third kappa shape index (κ3) is 3.74. The number of hydrogen-bond acceptors (Lipinski definition) is 6. The third-order valence-corrected chi connectivity index (χ3v) is 6.86. The first-order valence-corrected chi connectivity index (χ1v) is 11.1. The van der Waals surface area contributed by atoms with Gasteiger partial charge in [-0.3, -0.25) is 0 Å². The predicted molar refractivity (Wildman–Crippen MR) is 117 cm³/mol. The number of piperidine rings is 1. The Kier molecular flexibility index (Phi) is 5.21. The average Bonchev–Trinajstić information content (AvgIpc) is 3.38. The molecule has 0 saturated carbocycles. The highest BCUT2D eigenvalue weighted by molar-refractivity contribution is 7.13. The fourth-order valence-electron chi connectivity index (χ4n) is 4.38. The van der Waals surface area contributed by atoms with Crippen LogP contribution in [0.25, 0.3) is 21.1 Å². The molecule has 1 saturated heterocycles. The van der Waals surface area contributed by atoms with Crippen LogP contribution in [-0.2, 0) is 6.42 Å². The van der Waals surface area contributed by atoms with Crippen LogP contribution in [0.3, 0.4) is 0 Å². The second kappa shape index (κ2) is 8.13. The van der Waals surface area contributed by atoms with Crippen LogP contribution in [0.4, 0.5) is 0 Å². The molecule has 5 rings (SSSR count). The smallest absolute Gasteiger partial charge is 0.170 e. The van der Waals surface area contributed by atoms with E-state index in [1.807, 2.05) is 18.2 Å². The van der Waals surface area contributed by atoms with Crippen molar-refractivity contribution in [3.63, 3.8) is 0 Å². The average molecular weight is 408 g/mol. The second-order valence-corrected chi connectivity index (χ2v) is 8.58. The van der Waals surface area contributed by atoms with Gasteiger partial charge in [0.05, 0.1) is 23.2 Å². The molecule has 2 aromatic heterocycles. The van der Waals surface area contributed by atoms with Crippen molar-refractivity contribution in [2.24, 2.45) is 0 Å². The molecule has 0 aliphatic carbocycles. The van der Waals surface area contributed by atoms with E-state index in [1.54, 1.807) is 18.6 Å². The number of aromatic nitrogens is 2. The van der Waals surface area contributed by atoms with Gasteiger partial charge >= 0.3 is 0 Å². The molecule has 1 fully saturated rings. The molecule has 1 aliphatic heterocycles. The zero-order chi connectivity index (χ0) is 19.6. The number of benzene rings is 2. The number of likely N-dealkylation sites (tertiary alicyclic amines) is 1. The topological polar surface area (TPSA) is 51.4 Å². The summed E-state index contributed by atoms with van der Waals surface area (Å²) in [7, 11) is 1.67. The molecule has 29 heavy (non-hydrogen) atoms. The number of methoxy groups -OCH3 is 1. The molecule has 150 valence electrons. The van der Waals surface area contributed by atoms with Gasteiger partial charge in [-0.15, -0.1) is 0 Å². The van der Waals surface area contributed by atoms with Gasteiger partial charge in [-0.2, -0.15) is 4.37 Å². The zero-order valence-corrected chi connectivity index (χ0v) is 17.5. The van der Waals surface area contributed by atoms with E-state index in [0.29, 0.717) is 5.92 Å². The minimum Gasteiger partial charge on any atom is -0.497 e. The minimum absolute atomic E-state index is 0.594. The Labute approximate surface area is 174 Å². The minimum atomic E-state index is 0.594. The first-order valence-electron chi connectivity index (χ1n) is 10.3. The van der Waals surface area contributed by atoms with E-state index in [1.165, 1.54) is 28.6 Å². The van der Waals surface area contributed by atoms with Crippen molar-refractivity contribution < 1.29 is 9.26 Å². The molecule has 0 atom stereocenters. The maximum atomic E-state index is 5.48. The molecule has 0 amide bonds. The summed E-state index contributed by atoms with van der Waals surface area (Å²) in [5, 5.41) is 6.72. The van der Waals surface area contributed by atoms with E-state index in [2.05, 4.69) is 34.3 Å². The summed E-state index contributed by atoms with van der Waals surface area (Å²) < 4.78 is 16.8. The van der Waals surface area contributed by atoms with E-state index in [9.17, 15) is 0 Å². The summed E-state index contributed by atoms with van der Waals surface area (Å²) in [4.78, 5) is 2.58. The van der Waals surface area contributed by atoms with Gasteiger partial charge in [-0.25, -0.2) is 0 Å². The second-order valence-electron chi connectivity index (χ2n) is 7.77. The Morgan fingerprint density at radius 3 is 2.86 bits per heavy atom. The van der Waals surface area contributed by atoms with Gasteiger partial charge in [0, 0.05) is 22.8 Å². The fraction of sp³-hybridized carbons (Fsp3) is 0.391. The van der Waals surface area contributed by atoms with Gasteiger partial charge < -0.3 is 14.2 Å². The lowest BCUT2D eigenvalue weighted by molar-refractivity contribution is 0.209. The van der Waals surface area contributed by atoms with Crippen LogP contribution in [0.5, 0.6) is 5.75 Å². The Hall–Kier alpha value is -2.44.